The van der Waals surface area contributed by atoms with E-state index in [1.54, 1.807) is 6.20 Å². The molecular formula is C24H18N2O. The quantitative estimate of drug-likeness (QED) is 0.498. The highest BCUT2D eigenvalue weighted by Crippen LogP contribution is 2.37. The van der Waals surface area contributed by atoms with Crippen molar-refractivity contribution in [1.82, 2.24) is 4.98 Å². The van der Waals surface area contributed by atoms with Gasteiger partial charge in [-0.3, -0.25) is 9.78 Å². The number of para-hydroxylation sites is 1. The zero-order valence-electron chi connectivity index (χ0n) is 14.8. The molecule has 0 aliphatic heterocycles. The van der Waals surface area contributed by atoms with Gasteiger partial charge in [-0.1, -0.05) is 54.6 Å². The van der Waals surface area contributed by atoms with Gasteiger partial charge in [-0.25, -0.2) is 0 Å². The number of hydrogen-bond donors (Lipinski definition) is 1. The van der Waals surface area contributed by atoms with Crippen molar-refractivity contribution in [2.24, 2.45) is 0 Å². The van der Waals surface area contributed by atoms with Crippen molar-refractivity contribution in [3.63, 3.8) is 0 Å². The highest BCUT2D eigenvalue weighted by atomic mass is 16.1. The van der Waals surface area contributed by atoms with Crippen LogP contribution in [0.4, 0.5) is 5.69 Å². The van der Waals surface area contributed by atoms with Crippen LogP contribution >= 0.6 is 0 Å². The molecule has 1 N–H and O–H groups in total. The Labute approximate surface area is 157 Å². The topological polar surface area (TPSA) is 42.0 Å². The van der Waals surface area contributed by atoms with Crippen molar-refractivity contribution in [2.45, 2.75) is 12.8 Å². The van der Waals surface area contributed by atoms with Gasteiger partial charge in [0.25, 0.3) is 0 Å². The van der Waals surface area contributed by atoms with Crippen LogP contribution < -0.4 is 5.32 Å². The van der Waals surface area contributed by atoms with Gasteiger partial charge in [0.15, 0.2) is 0 Å². The Kier molecular flexibility index (Phi) is 3.72. The summed E-state index contributed by atoms with van der Waals surface area (Å²) in [6.07, 6.45) is 3.00. The van der Waals surface area contributed by atoms with Gasteiger partial charge in [0, 0.05) is 17.3 Å². The van der Waals surface area contributed by atoms with Crippen molar-refractivity contribution in [1.29, 1.82) is 0 Å². The van der Waals surface area contributed by atoms with Crippen LogP contribution in [-0.4, -0.2) is 10.9 Å². The normalized spacial score (nSPS) is 11.9. The number of carbonyl (C=O) groups excluding carboxylic acids is 1. The molecule has 0 saturated carbocycles. The average molecular weight is 350 g/mol. The molecule has 4 aromatic rings. The van der Waals surface area contributed by atoms with E-state index in [2.05, 4.69) is 46.7 Å². The highest BCUT2D eigenvalue weighted by molar-refractivity contribution is 5.95. The number of nitrogens with one attached hydrogen (secondary N) is 1. The maximum Gasteiger partial charge on any atom is 0.228 e. The van der Waals surface area contributed by atoms with Crippen LogP contribution in [0.3, 0.4) is 0 Å². The Bertz CT molecular complexity index is 1170. The fraction of sp³-hybridized carbons (Fsp3) is 0.0833. The third-order valence-corrected chi connectivity index (χ3v) is 5.14. The first-order valence-electron chi connectivity index (χ1n) is 9.11. The molecular weight excluding hydrogens is 332 g/mol. The fourth-order valence-electron chi connectivity index (χ4n) is 3.91. The lowest BCUT2D eigenvalue weighted by Gasteiger charge is -2.09. The Morgan fingerprint density at radius 3 is 2.70 bits per heavy atom. The molecule has 3 nitrogen and oxygen atoms in total. The molecule has 1 aliphatic rings. The number of nitrogens with zero attached hydrogens (tertiary/aromatic N) is 1. The number of benzene rings is 3. The van der Waals surface area contributed by atoms with Crippen LogP contribution in [-0.2, 0) is 17.6 Å². The molecule has 27 heavy (non-hydrogen) atoms. The Balaban J connectivity index is 1.37. The zero-order valence-corrected chi connectivity index (χ0v) is 14.8. The van der Waals surface area contributed by atoms with Crippen molar-refractivity contribution >= 4 is 22.5 Å². The number of rotatable bonds is 3. The maximum atomic E-state index is 12.6. The number of fused-ring (bicyclic) bond motifs is 4. The minimum Gasteiger partial charge on any atom is -0.326 e. The van der Waals surface area contributed by atoms with Crippen molar-refractivity contribution < 1.29 is 4.79 Å². The van der Waals surface area contributed by atoms with Gasteiger partial charge in [-0.05, 0) is 52.4 Å². The van der Waals surface area contributed by atoms with Gasteiger partial charge >= 0.3 is 0 Å². The van der Waals surface area contributed by atoms with E-state index < -0.39 is 0 Å². The summed E-state index contributed by atoms with van der Waals surface area (Å²) in [5.74, 6) is -0.0244. The van der Waals surface area contributed by atoms with Gasteiger partial charge in [0.1, 0.15) is 0 Å². The van der Waals surface area contributed by atoms with E-state index in [-0.39, 0.29) is 5.91 Å². The van der Waals surface area contributed by atoms with Crippen LogP contribution in [0.15, 0.2) is 79.0 Å². The summed E-state index contributed by atoms with van der Waals surface area (Å²) < 4.78 is 0. The maximum absolute atomic E-state index is 12.6. The van der Waals surface area contributed by atoms with E-state index in [9.17, 15) is 4.79 Å². The first-order chi connectivity index (χ1) is 13.3. The average Bonchev–Trinajstić information content (AvgIpc) is 3.06. The minimum atomic E-state index is -0.0244. The number of hydrogen-bond acceptors (Lipinski definition) is 2. The lowest BCUT2D eigenvalue weighted by Crippen LogP contribution is -2.14. The number of anilines is 1. The lowest BCUT2D eigenvalue weighted by molar-refractivity contribution is -0.115. The highest BCUT2D eigenvalue weighted by Gasteiger charge is 2.18. The second kappa shape index (κ2) is 6.36. The van der Waals surface area contributed by atoms with E-state index in [0.29, 0.717) is 6.42 Å². The summed E-state index contributed by atoms with van der Waals surface area (Å²) >= 11 is 0. The smallest absolute Gasteiger partial charge is 0.228 e. The van der Waals surface area contributed by atoms with Gasteiger partial charge < -0.3 is 5.32 Å². The predicted octanol–water partition coefficient (Wildman–Crippen LogP) is 4.99. The first kappa shape index (κ1) is 15.8. The molecule has 0 fully saturated rings. The lowest BCUT2D eigenvalue weighted by atomic mass is 10.0. The Hall–Kier alpha value is -3.46. The third-order valence-electron chi connectivity index (χ3n) is 5.14. The molecule has 3 heteroatoms. The summed E-state index contributed by atoms with van der Waals surface area (Å²) in [4.78, 5) is 17.0. The number of amides is 1. The summed E-state index contributed by atoms with van der Waals surface area (Å²) in [7, 11) is 0. The Morgan fingerprint density at radius 2 is 1.74 bits per heavy atom. The van der Waals surface area contributed by atoms with Gasteiger partial charge in [-0.2, -0.15) is 0 Å². The van der Waals surface area contributed by atoms with E-state index in [0.717, 1.165) is 28.6 Å². The second-order valence-electron chi connectivity index (χ2n) is 6.92. The molecule has 3 aromatic carbocycles. The molecule has 1 amide bonds. The molecule has 0 spiro atoms. The van der Waals surface area contributed by atoms with Crippen LogP contribution in [0.2, 0.25) is 0 Å². The molecule has 0 atom stereocenters. The molecule has 1 aromatic heterocycles. The second-order valence-corrected chi connectivity index (χ2v) is 6.92. The van der Waals surface area contributed by atoms with Crippen LogP contribution in [0.25, 0.3) is 22.0 Å². The number of carbonyl (C=O) groups is 1. The predicted molar refractivity (Wildman–Crippen MR) is 109 cm³/mol. The fourth-order valence-corrected chi connectivity index (χ4v) is 3.91. The van der Waals surface area contributed by atoms with Crippen molar-refractivity contribution in [3.05, 3.63) is 95.7 Å². The van der Waals surface area contributed by atoms with Crippen LogP contribution in [0, 0.1) is 0 Å². The first-order valence-corrected chi connectivity index (χ1v) is 9.11. The minimum absolute atomic E-state index is 0.0244. The van der Waals surface area contributed by atoms with E-state index in [1.165, 1.54) is 22.3 Å². The summed E-state index contributed by atoms with van der Waals surface area (Å²) in [6, 6.07) is 24.5. The Morgan fingerprint density at radius 1 is 0.889 bits per heavy atom. The standard InChI is InChI=1S/C24H18N2O/c27-23(15-18-7-3-6-16-8-4-12-25-24(16)18)26-20-10-11-22-19(14-20)13-17-5-1-2-9-21(17)22/h1-12,14H,13,15H2,(H,26,27). The molecule has 0 unspecified atom stereocenters. The molecule has 1 heterocycles. The van der Waals surface area contributed by atoms with Crippen LogP contribution in [0.1, 0.15) is 16.7 Å². The van der Waals surface area contributed by atoms with E-state index in [1.807, 2.05) is 36.4 Å². The summed E-state index contributed by atoms with van der Waals surface area (Å²) in [5, 5.41) is 4.10. The molecule has 0 bridgehead atoms. The van der Waals surface area contributed by atoms with Crippen LogP contribution in [0.5, 0.6) is 0 Å². The molecule has 0 saturated heterocycles. The van der Waals surface area contributed by atoms with E-state index in [4.69, 9.17) is 0 Å². The molecule has 1 aliphatic carbocycles. The zero-order chi connectivity index (χ0) is 18.2. The van der Waals surface area contributed by atoms with Crippen molar-refractivity contribution in [2.75, 3.05) is 5.32 Å². The van der Waals surface area contributed by atoms with Gasteiger partial charge in [-0.15, -0.1) is 0 Å². The molecule has 130 valence electrons. The van der Waals surface area contributed by atoms with Gasteiger partial charge in [0.05, 0.1) is 11.9 Å². The molecule has 5 rings (SSSR count). The van der Waals surface area contributed by atoms with E-state index >= 15 is 0 Å². The van der Waals surface area contributed by atoms with Gasteiger partial charge in [0.2, 0.25) is 5.91 Å². The number of aromatic nitrogens is 1. The van der Waals surface area contributed by atoms with Crippen molar-refractivity contribution in [3.8, 4) is 11.1 Å². The summed E-state index contributed by atoms with van der Waals surface area (Å²) in [5.41, 5.74) is 7.85. The molecule has 0 radical (unpaired) electrons. The monoisotopic (exact) mass is 350 g/mol. The number of pyridine rings is 1. The third kappa shape index (κ3) is 2.87. The largest absolute Gasteiger partial charge is 0.326 e. The SMILES string of the molecule is O=C(Cc1cccc2cccnc12)Nc1ccc2c(c1)Cc1ccccc1-2. The summed E-state index contributed by atoms with van der Waals surface area (Å²) in [6.45, 7) is 0.